The molecule has 0 saturated carbocycles. The van der Waals surface area contributed by atoms with Crippen LogP contribution in [0.25, 0.3) is 0 Å². The van der Waals surface area contributed by atoms with E-state index in [1.54, 1.807) is 31.2 Å². The Bertz CT molecular complexity index is 1350. The zero-order valence-electron chi connectivity index (χ0n) is 23.1. The fourth-order valence-corrected chi connectivity index (χ4v) is 6.74. The molecule has 0 bridgehead atoms. The van der Waals surface area contributed by atoms with E-state index in [-0.39, 0.29) is 37.3 Å². The van der Waals surface area contributed by atoms with Crippen molar-refractivity contribution in [2.24, 2.45) is 11.8 Å². The van der Waals surface area contributed by atoms with Crippen LogP contribution in [0.15, 0.2) is 24.3 Å². The Morgan fingerprint density at radius 2 is 1.57 bits per heavy atom. The van der Waals surface area contributed by atoms with Crippen molar-refractivity contribution in [3.05, 3.63) is 41.0 Å². The van der Waals surface area contributed by atoms with E-state index in [4.69, 9.17) is 42.6 Å². The number of benzene rings is 2. The lowest BCUT2D eigenvalue weighted by molar-refractivity contribution is -0.364. The van der Waals surface area contributed by atoms with Gasteiger partial charge in [0.2, 0.25) is 12.5 Å². The average molecular weight is 589 g/mol. The smallest absolute Gasteiger partial charge is 0.310 e. The number of aliphatic hydroxyl groups excluding tert-OH is 2. The molecule has 3 saturated heterocycles. The number of aromatic hydroxyl groups is 1. The maximum absolute atomic E-state index is 13.4. The summed E-state index contributed by atoms with van der Waals surface area (Å²) in [5, 5.41) is 32.5. The van der Waals surface area contributed by atoms with Crippen LogP contribution in [-0.4, -0.2) is 92.5 Å². The Morgan fingerprint density at radius 1 is 0.881 bits per heavy atom. The zero-order chi connectivity index (χ0) is 29.3. The van der Waals surface area contributed by atoms with E-state index >= 15 is 0 Å². The molecule has 0 aromatic heterocycles. The molecule has 0 spiro atoms. The Morgan fingerprint density at radius 3 is 2.26 bits per heavy atom. The van der Waals surface area contributed by atoms with Crippen LogP contribution < -0.4 is 18.9 Å². The van der Waals surface area contributed by atoms with Gasteiger partial charge in [0.05, 0.1) is 39.5 Å². The van der Waals surface area contributed by atoms with Crippen LogP contribution in [0.1, 0.15) is 35.6 Å². The van der Waals surface area contributed by atoms with Gasteiger partial charge >= 0.3 is 5.97 Å². The number of carbonyl (C=O) groups excluding carboxylic acids is 1. The molecule has 5 aliphatic rings. The summed E-state index contributed by atoms with van der Waals surface area (Å²) in [5.74, 6) is -1.02. The molecule has 0 amide bonds. The third kappa shape index (κ3) is 4.26. The lowest BCUT2D eigenvalue weighted by atomic mass is 9.66. The van der Waals surface area contributed by atoms with Gasteiger partial charge in [0.15, 0.2) is 35.6 Å². The standard InChI is InChI=1S/C29H32O13/c1-11-36-9-20-27(40-11)24(31)25(32)29(41-20)42-26-14-7-17-16(38-10-39-17)6-13(14)21(22-15(26)8-37-28(22)33)12-4-18(34-2)23(30)19(5-12)35-3/h4-7,11,15,20-22,24-27,29-32H,8-10H2,1-3H3/t11-,15+,20?,21-,22+,24-,25-,26-,27-,29+/m1/s1. The van der Waals surface area contributed by atoms with Gasteiger partial charge in [-0.2, -0.15) is 0 Å². The number of carbonyl (C=O) groups is 1. The fraction of sp³-hybridized carbons (Fsp3) is 0.552. The first-order valence-electron chi connectivity index (χ1n) is 13.8. The predicted molar refractivity (Wildman–Crippen MR) is 138 cm³/mol. The first kappa shape index (κ1) is 27.5. The molecule has 0 radical (unpaired) electrons. The quantitative estimate of drug-likeness (QED) is 0.430. The zero-order valence-corrected chi connectivity index (χ0v) is 23.1. The van der Waals surface area contributed by atoms with Gasteiger partial charge in [-0.15, -0.1) is 0 Å². The highest BCUT2D eigenvalue weighted by molar-refractivity contribution is 5.79. The van der Waals surface area contributed by atoms with Gasteiger partial charge in [-0.3, -0.25) is 4.79 Å². The van der Waals surface area contributed by atoms with Gasteiger partial charge in [-0.05, 0) is 47.9 Å². The molecule has 13 heteroatoms. The molecule has 3 fully saturated rings. The van der Waals surface area contributed by atoms with Crippen LogP contribution in [-0.2, 0) is 28.5 Å². The van der Waals surface area contributed by atoms with Gasteiger partial charge < -0.3 is 58.0 Å². The van der Waals surface area contributed by atoms with E-state index in [0.717, 1.165) is 0 Å². The molecule has 226 valence electrons. The molecule has 7 rings (SSSR count). The summed E-state index contributed by atoms with van der Waals surface area (Å²) >= 11 is 0. The maximum Gasteiger partial charge on any atom is 0.310 e. The number of esters is 1. The summed E-state index contributed by atoms with van der Waals surface area (Å²) in [6.07, 6.45) is -6.80. The first-order chi connectivity index (χ1) is 20.3. The highest BCUT2D eigenvalue weighted by Crippen LogP contribution is 2.57. The third-order valence-corrected chi connectivity index (χ3v) is 8.75. The number of fused-ring (bicyclic) bond motifs is 4. The minimum atomic E-state index is -1.44. The second-order valence-corrected chi connectivity index (χ2v) is 11.0. The Labute approximate surface area is 240 Å². The summed E-state index contributed by atoms with van der Waals surface area (Å²) in [5.41, 5.74) is 2.01. The number of rotatable bonds is 5. The van der Waals surface area contributed by atoms with Crippen molar-refractivity contribution >= 4 is 5.97 Å². The van der Waals surface area contributed by atoms with Crippen molar-refractivity contribution < 1.29 is 62.7 Å². The van der Waals surface area contributed by atoms with Crippen LogP contribution >= 0.6 is 0 Å². The van der Waals surface area contributed by atoms with Gasteiger partial charge in [-0.25, -0.2) is 0 Å². The number of hydrogen-bond donors (Lipinski definition) is 3. The van der Waals surface area contributed by atoms with E-state index in [1.165, 1.54) is 14.2 Å². The van der Waals surface area contributed by atoms with E-state index in [2.05, 4.69) is 0 Å². The Kier molecular flexibility index (Phi) is 6.83. The number of cyclic esters (lactones) is 1. The molecule has 10 atom stereocenters. The van der Waals surface area contributed by atoms with E-state index in [0.29, 0.717) is 28.2 Å². The van der Waals surface area contributed by atoms with E-state index in [9.17, 15) is 20.1 Å². The summed E-state index contributed by atoms with van der Waals surface area (Å²) in [6.45, 7) is 1.93. The lowest BCUT2D eigenvalue weighted by Crippen LogP contribution is -2.63. The predicted octanol–water partition coefficient (Wildman–Crippen LogP) is 1.34. The van der Waals surface area contributed by atoms with Crippen LogP contribution in [0.2, 0.25) is 0 Å². The number of methoxy groups -OCH3 is 2. The topological polar surface area (TPSA) is 161 Å². The summed E-state index contributed by atoms with van der Waals surface area (Å²) in [4.78, 5) is 13.4. The highest BCUT2D eigenvalue weighted by Gasteiger charge is 2.56. The van der Waals surface area contributed by atoms with Crippen LogP contribution in [0, 0.1) is 11.8 Å². The van der Waals surface area contributed by atoms with Crippen molar-refractivity contribution in [1.82, 2.24) is 0 Å². The Balaban J connectivity index is 1.32. The minimum absolute atomic E-state index is 0.0301. The molecular formula is C29H32O13. The van der Waals surface area contributed by atoms with E-state index in [1.807, 2.05) is 0 Å². The summed E-state index contributed by atoms with van der Waals surface area (Å²) in [7, 11) is 2.86. The molecule has 13 nitrogen and oxygen atoms in total. The van der Waals surface area contributed by atoms with Crippen molar-refractivity contribution in [2.75, 3.05) is 34.2 Å². The maximum atomic E-state index is 13.4. The fourth-order valence-electron chi connectivity index (χ4n) is 6.74. The SMILES string of the molecule is COc1cc([C@@H]2c3cc4c(cc3[C@@H](O[C@@H]3OC5CO[C@@H](C)O[C@H]5[C@H](O)[C@H]3O)[C@H]3COC(=O)[C@H]23)OCO4)cc(OC)c1O. The second-order valence-electron chi connectivity index (χ2n) is 11.0. The van der Waals surface area contributed by atoms with Crippen LogP contribution in [0.3, 0.4) is 0 Å². The second kappa shape index (κ2) is 10.4. The molecule has 42 heavy (non-hydrogen) atoms. The molecule has 4 heterocycles. The number of aliphatic hydroxyl groups is 2. The van der Waals surface area contributed by atoms with E-state index < -0.39 is 66.8 Å². The largest absolute Gasteiger partial charge is 0.502 e. The molecule has 2 aromatic rings. The van der Waals surface area contributed by atoms with Crippen LogP contribution in [0.5, 0.6) is 28.7 Å². The van der Waals surface area contributed by atoms with Gasteiger partial charge in [0.25, 0.3) is 0 Å². The number of phenols is 1. The van der Waals surface area contributed by atoms with Crippen LogP contribution in [0.4, 0.5) is 0 Å². The Hall–Kier alpha value is -3.33. The minimum Gasteiger partial charge on any atom is -0.502 e. The molecule has 2 aromatic carbocycles. The lowest BCUT2D eigenvalue weighted by Gasteiger charge is -2.47. The van der Waals surface area contributed by atoms with Gasteiger partial charge in [-0.1, -0.05) is 0 Å². The highest BCUT2D eigenvalue weighted by atomic mass is 16.8. The van der Waals surface area contributed by atoms with Gasteiger partial charge in [0, 0.05) is 11.8 Å². The molecular weight excluding hydrogens is 556 g/mol. The number of ether oxygens (including phenoxy) is 9. The number of hydrogen-bond acceptors (Lipinski definition) is 13. The van der Waals surface area contributed by atoms with Crippen molar-refractivity contribution in [1.29, 1.82) is 0 Å². The molecule has 1 unspecified atom stereocenters. The third-order valence-electron chi connectivity index (χ3n) is 8.75. The average Bonchev–Trinajstić information content (AvgIpc) is 3.61. The van der Waals surface area contributed by atoms with Gasteiger partial charge in [0.1, 0.15) is 24.4 Å². The van der Waals surface area contributed by atoms with Crippen molar-refractivity contribution in [2.45, 2.75) is 55.9 Å². The number of phenolic OH excluding ortho intramolecular Hbond substituents is 1. The van der Waals surface area contributed by atoms with Crippen molar-refractivity contribution in [3.63, 3.8) is 0 Å². The normalized spacial score (nSPS) is 36.5. The first-order valence-corrected chi connectivity index (χ1v) is 13.8. The molecule has 4 aliphatic heterocycles. The monoisotopic (exact) mass is 588 g/mol. The summed E-state index contributed by atoms with van der Waals surface area (Å²) < 4.78 is 51.5. The molecule has 1 aliphatic carbocycles. The summed E-state index contributed by atoms with van der Waals surface area (Å²) in [6, 6.07) is 6.93. The van der Waals surface area contributed by atoms with Crippen molar-refractivity contribution in [3.8, 4) is 28.7 Å². The molecule has 3 N–H and O–H groups in total.